The molecule has 4 nitrogen and oxygen atoms in total. The molecule has 314 valence electrons. The number of ether oxygens (including phenoxy) is 2. The number of aryl methyl sites for hydroxylation is 6. The van der Waals surface area contributed by atoms with E-state index in [0.29, 0.717) is 6.42 Å². The van der Waals surface area contributed by atoms with Crippen molar-refractivity contribution < 1.29 is 45.9 Å². The van der Waals surface area contributed by atoms with E-state index in [4.69, 9.17) is 9.47 Å². The van der Waals surface area contributed by atoms with E-state index in [1.54, 1.807) is 14.2 Å². The Balaban J connectivity index is 0.000000537. The Morgan fingerprint density at radius 1 is 0.483 bits per heavy atom. The van der Waals surface area contributed by atoms with E-state index in [1.807, 2.05) is 97.1 Å². The van der Waals surface area contributed by atoms with Crippen LogP contribution in [0.15, 0.2) is 121 Å². The van der Waals surface area contributed by atoms with Crippen LogP contribution < -0.4 is 0 Å². The normalized spacial score (nSPS) is 12.2. The zero-order valence-electron chi connectivity index (χ0n) is 38.0. The maximum Gasteiger partial charge on any atom is 2.00 e. The number of benzene rings is 6. The number of rotatable bonds is 10. The molecule has 0 fully saturated rings. The van der Waals surface area contributed by atoms with Gasteiger partial charge in [-0.15, -0.1) is 24.3 Å². The van der Waals surface area contributed by atoms with E-state index in [1.165, 1.54) is 11.1 Å². The van der Waals surface area contributed by atoms with Gasteiger partial charge in [-0.3, -0.25) is 0 Å². The van der Waals surface area contributed by atoms with E-state index in [2.05, 4.69) is 107 Å². The Morgan fingerprint density at radius 2 is 0.783 bits per heavy atom. The summed E-state index contributed by atoms with van der Waals surface area (Å²) in [7, 11) is 3.45. The molecule has 0 heterocycles. The summed E-state index contributed by atoms with van der Waals surface area (Å²) in [6.45, 7) is 28.5. The van der Waals surface area contributed by atoms with Crippen molar-refractivity contribution in [2.24, 2.45) is 0 Å². The summed E-state index contributed by atoms with van der Waals surface area (Å²) in [5.74, 6) is 0.559. The summed E-state index contributed by atoms with van der Waals surface area (Å²) in [6.07, 6.45) is -0.0455. The van der Waals surface area contributed by atoms with Gasteiger partial charge in [0.25, 0.3) is 0 Å². The summed E-state index contributed by atoms with van der Waals surface area (Å²) in [5.41, 5.74) is 13.4. The van der Waals surface area contributed by atoms with Crippen molar-refractivity contribution in [2.45, 2.75) is 98.7 Å². The Labute approximate surface area is 381 Å². The van der Waals surface area contributed by atoms with E-state index < -0.39 is 10.8 Å². The monoisotopic (exact) mass is 880 g/mol. The maximum absolute atomic E-state index is 11.8. The van der Waals surface area contributed by atoms with Crippen LogP contribution in [0.5, 0.6) is 11.5 Å². The number of phenolic OH excluding ortho intramolecular Hbond substituents is 2. The van der Waals surface area contributed by atoms with Crippen molar-refractivity contribution >= 4 is 0 Å². The van der Waals surface area contributed by atoms with Gasteiger partial charge in [0.15, 0.2) is 0 Å². The average molecular weight is 882 g/mol. The fourth-order valence-corrected chi connectivity index (χ4v) is 8.61. The van der Waals surface area contributed by atoms with Gasteiger partial charge < -0.3 is 19.7 Å². The number of methoxy groups -OCH3 is 2. The Hall–Kier alpha value is -4.54. The molecule has 0 bridgehead atoms. The molecule has 0 aliphatic rings. The molecular weight excluding hydrogens is 816 g/mol. The standard InChI is InChI=1S/C41H52O4.2C7H7.Zr/c1-24-19-26(3)36(27(4)20-24)30-15-13-17-32(38(30)42)40(7,8)34(44-11)23-35(45-12)41(9,10)33-18-14-16-31(39(33)43)37-28(5)21-25(2)22-29(37)6;2*1-7-5-3-2-4-6-7;/h13-22,34-35,42-43H,23H2,1-12H3;2*2-6H,1H2;/q;2*-1;+2/t34-,35-;;;/m0.../s1. The predicted octanol–water partition coefficient (Wildman–Crippen LogP) is 13.7. The molecule has 0 saturated heterocycles. The number of para-hydroxylation sites is 2. The molecule has 0 aromatic heterocycles. The van der Waals surface area contributed by atoms with Crippen molar-refractivity contribution in [3.63, 3.8) is 0 Å². The van der Waals surface area contributed by atoms with Gasteiger partial charge in [-0.1, -0.05) is 112 Å². The van der Waals surface area contributed by atoms with Crippen LogP contribution >= 0.6 is 0 Å². The second-order valence-electron chi connectivity index (χ2n) is 17.0. The smallest absolute Gasteiger partial charge is 0.507 e. The predicted molar refractivity (Wildman–Crippen MR) is 250 cm³/mol. The van der Waals surface area contributed by atoms with Crippen molar-refractivity contribution in [3.8, 4) is 33.8 Å². The van der Waals surface area contributed by atoms with Crippen LogP contribution in [0.3, 0.4) is 0 Å². The van der Waals surface area contributed by atoms with Gasteiger partial charge in [0.05, 0.1) is 12.2 Å². The molecule has 0 aliphatic carbocycles. The third-order valence-electron chi connectivity index (χ3n) is 11.6. The minimum absolute atomic E-state index is 0. The molecule has 5 heteroatoms. The van der Waals surface area contributed by atoms with Crippen LogP contribution in [-0.4, -0.2) is 36.6 Å². The first-order valence-corrected chi connectivity index (χ1v) is 20.5. The molecule has 0 amide bonds. The summed E-state index contributed by atoms with van der Waals surface area (Å²) < 4.78 is 12.4. The second-order valence-corrected chi connectivity index (χ2v) is 17.0. The molecule has 2 N–H and O–H groups in total. The van der Waals surface area contributed by atoms with Gasteiger partial charge in [-0.2, -0.15) is 49.2 Å². The van der Waals surface area contributed by atoms with E-state index >= 15 is 0 Å². The first-order valence-electron chi connectivity index (χ1n) is 20.5. The minimum atomic E-state index is -0.561. The van der Waals surface area contributed by atoms with Gasteiger partial charge in [0.1, 0.15) is 11.5 Å². The first kappa shape index (κ1) is 49.8. The Kier molecular flexibility index (Phi) is 18.1. The topological polar surface area (TPSA) is 58.9 Å². The zero-order valence-corrected chi connectivity index (χ0v) is 40.5. The number of aromatic hydroxyl groups is 2. The van der Waals surface area contributed by atoms with Crippen LogP contribution in [0.1, 0.15) is 89.8 Å². The zero-order chi connectivity index (χ0) is 43.7. The number of phenols is 2. The van der Waals surface area contributed by atoms with Crippen LogP contribution in [-0.2, 0) is 46.5 Å². The van der Waals surface area contributed by atoms with Crippen LogP contribution in [0.4, 0.5) is 0 Å². The molecule has 0 saturated carbocycles. The largest absolute Gasteiger partial charge is 2.00 e. The fraction of sp³-hybridized carbons (Fsp3) is 0.309. The van der Waals surface area contributed by atoms with E-state index in [-0.39, 0.29) is 49.9 Å². The summed E-state index contributed by atoms with van der Waals surface area (Å²) >= 11 is 0. The van der Waals surface area contributed by atoms with Crippen LogP contribution in [0.25, 0.3) is 22.3 Å². The Bertz CT molecular complexity index is 2080. The number of hydrogen-bond donors (Lipinski definition) is 2. The van der Waals surface area contributed by atoms with Crippen molar-refractivity contribution in [1.29, 1.82) is 0 Å². The molecule has 0 aliphatic heterocycles. The fourth-order valence-electron chi connectivity index (χ4n) is 8.61. The number of hydrogen-bond acceptors (Lipinski definition) is 4. The molecule has 6 aromatic carbocycles. The van der Waals surface area contributed by atoms with Crippen molar-refractivity contribution in [2.75, 3.05) is 14.2 Å². The molecule has 2 atom stereocenters. The molecule has 60 heavy (non-hydrogen) atoms. The van der Waals surface area contributed by atoms with Crippen LogP contribution in [0, 0.1) is 55.4 Å². The van der Waals surface area contributed by atoms with Gasteiger partial charge in [-0.05, 0) is 74.9 Å². The summed E-state index contributed by atoms with van der Waals surface area (Å²) in [4.78, 5) is 0. The quantitative estimate of drug-likeness (QED) is 0.135. The third-order valence-corrected chi connectivity index (χ3v) is 11.6. The summed E-state index contributed by atoms with van der Waals surface area (Å²) in [6, 6.07) is 40.4. The first-order chi connectivity index (χ1) is 27.8. The average Bonchev–Trinajstić information content (AvgIpc) is 3.16. The molecule has 0 spiro atoms. The van der Waals surface area contributed by atoms with Gasteiger partial charge in [0, 0.05) is 53.7 Å². The molecule has 0 unspecified atom stereocenters. The summed E-state index contributed by atoms with van der Waals surface area (Å²) in [5, 5.41) is 23.6. The SMILES string of the molecule is CO[C@@H](C[C@H](OC)C(C)(C)c1cccc(-c2c(C)cc(C)cc2C)c1O)C(C)(C)c1cccc(-c2c(C)cc(C)cc2C)c1O.[CH2-]c1ccccc1.[CH2-]c1ccccc1.[Zr+2]. The van der Waals surface area contributed by atoms with Crippen molar-refractivity contribution in [3.05, 3.63) is 191 Å². The van der Waals surface area contributed by atoms with E-state index in [0.717, 1.165) is 66.8 Å². The van der Waals surface area contributed by atoms with Gasteiger partial charge in [-0.25, -0.2) is 0 Å². The molecule has 6 aromatic rings. The third kappa shape index (κ3) is 11.8. The van der Waals surface area contributed by atoms with Crippen LogP contribution in [0.2, 0.25) is 0 Å². The molecular formula is C55H66O4Zr. The molecule has 0 radical (unpaired) electrons. The molecule has 6 rings (SSSR count). The van der Waals surface area contributed by atoms with Gasteiger partial charge in [0.2, 0.25) is 0 Å². The minimum Gasteiger partial charge on any atom is -0.507 e. The van der Waals surface area contributed by atoms with E-state index in [9.17, 15) is 10.2 Å². The van der Waals surface area contributed by atoms with Gasteiger partial charge >= 0.3 is 26.2 Å². The van der Waals surface area contributed by atoms with Crippen molar-refractivity contribution in [1.82, 2.24) is 0 Å². The maximum atomic E-state index is 11.8. The Morgan fingerprint density at radius 3 is 1.03 bits per heavy atom. The second kappa shape index (κ2) is 21.8.